The molecule has 0 saturated carbocycles. The van der Waals surface area contributed by atoms with Gasteiger partial charge in [-0.3, -0.25) is 14.6 Å². The molecule has 7 nitrogen and oxygen atoms in total. The number of hydrogen-bond acceptors (Lipinski definition) is 5. The lowest BCUT2D eigenvalue weighted by atomic mass is 10.0. The second kappa shape index (κ2) is 9.93. The fourth-order valence-electron chi connectivity index (χ4n) is 3.68. The number of pyridine rings is 1. The second-order valence-electron chi connectivity index (χ2n) is 7.46. The molecule has 1 fully saturated rings. The van der Waals surface area contributed by atoms with Gasteiger partial charge in [-0.1, -0.05) is 18.2 Å². The van der Waals surface area contributed by atoms with Gasteiger partial charge < -0.3 is 19.4 Å². The Morgan fingerprint density at radius 2 is 2.06 bits per heavy atom. The molecule has 1 unspecified atom stereocenters. The first-order valence-corrected chi connectivity index (χ1v) is 10.4. The predicted molar refractivity (Wildman–Crippen MR) is 114 cm³/mol. The molecule has 1 saturated heterocycles. The van der Waals surface area contributed by atoms with Crippen LogP contribution in [0.5, 0.6) is 5.75 Å². The number of benzene rings is 1. The van der Waals surface area contributed by atoms with Gasteiger partial charge >= 0.3 is 0 Å². The topological polar surface area (TPSA) is 84.7 Å². The van der Waals surface area contributed by atoms with Crippen LogP contribution < -0.4 is 10.1 Å². The Balaban J connectivity index is 1.34. The van der Waals surface area contributed by atoms with Crippen molar-refractivity contribution in [3.05, 3.63) is 84.1 Å². The van der Waals surface area contributed by atoms with E-state index in [9.17, 15) is 9.59 Å². The molecule has 7 heteroatoms. The molecule has 1 aliphatic rings. The summed E-state index contributed by atoms with van der Waals surface area (Å²) in [4.78, 5) is 31.5. The van der Waals surface area contributed by atoms with Crippen LogP contribution in [-0.2, 0) is 17.9 Å². The zero-order chi connectivity index (χ0) is 21.5. The fraction of sp³-hybridized carbons (Fsp3) is 0.292. The Kier molecular flexibility index (Phi) is 6.62. The molecular formula is C24H25N3O4. The number of nitrogens with zero attached hydrogens (tertiary/aromatic N) is 2. The highest BCUT2D eigenvalue weighted by atomic mass is 16.5. The monoisotopic (exact) mass is 419 g/mol. The molecule has 2 aromatic heterocycles. The van der Waals surface area contributed by atoms with Crippen LogP contribution >= 0.6 is 0 Å². The average Bonchev–Trinajstić information content (AvgIpc) is 3.37. The SMILES string of the molecule is O=C(NCc1cccc(OCc2ccccn2)c1)C1CCCCN1C(=O)c1ccco1. The van der Waals surface area contributed by atoms with E-state index in [4.69, 9.17) is 9.15 Å². The molecule has 1 N–H and O–H groups in total. The zero-order valence-electron chi connectivity index (χ0n) is 17.2. The highest BCUT2D eigenvalue weighted by molar-refractivity contribution is 5.95. The van der Waals surface area contributed by atoms with E-state index in [1.165, 1.54) is 6.26 Å². The predicted octanol–water partition coefficient (Wildman–Crippen LogP) is 3.56. The number of amides is 2. The van der Waals surface area contributed by atoms with Crippen molar-refractivity contribution in [2.45, 2.75) is 38.5 Å². The van der Waals surface area contributed by atoms with Gasteiger partial charge in [0.15, 0.2) is 5.76 Å². The third-order valence-electron chi connectivity index (χ3n) is 5.28. The molecule has 31 heavy (non-hydrogen) atoms. The molecule has 3 aromatic rings. The third-order valence-corrected chi connectivity index (χ3v) is 5.28. The van der Waals surface area contributed by atoms with Crippen LogP contribution in [0.3, 0.4) is 0 Å². The molecule has 1 aromatic carbocycles. The number of carbonyl (C=O) groups is 2. The van der Waals surface area contributed by atoms with Gasteiger partial charge in [-0.15, -0.1) is 0 Å². The van der Waals surface area contributed by atoms with Crippen molar-refractivity contribution >= 4 is 11.8 Å². The van der Waals surface area contributed by atoms with E-state index >= 15 is 0 Å². The Morgan fingerprint density at radius 3 is 2.87 bits per heavy atom. The highest BCUT2D eigenvalue weighted by Crippen LogP contribution is 2.21. The van der Waals surface area contributed by atoms with Crippen molar-refractivity contribution in [3.8, 4) is 5.75 Å². The number of piperidine rings is 1. The minimum Gasteiger partial charge on any atom is -0.487 e. The van der Waals surface area contributed by atoms with Gasteiger partial charge in [0.2, 0.25) is 5.91 Å². The van der Waals surface area contributed by atoms with E-state index < -0.39 is 6.04 Å². The van der Waals surface area contributed by atoms with Gasteiger partial charge in [0.05, 0.1) is 12.0 Å². The molecule has 1 aliphatic heterocycles. The third kappa shape index (κ3) is 5.31. The van der Waals surface area contributed by atoms with Crippen molar-refractivity contribution in [1.29, 1.82) is 0 Å². The van der Waals surface area contributed by atoms with E-state index in [-0.39, 0.29) is 17.6 Å². The van der Waals surface area contributed by atoms with E-state index in [2.05, 4.69) is 10.3 Å². The largest absolute Gasteiger partial charge is 0.487 e. The summed E-state index contributed by atoms with van der Waals surface area (Å²) in [7, 11) is 0. The number of hydrogen-bond donors (Lipinski definition) is 1. The Bertz CT molecular complexity index is 1000. The summed E-state index contributed by atoms with van der Waals surface area (Å²) in [5.41, 5.74) is 1.77. The number of aromatic nitrogens is 1. The zero-order valence-corrected chi connectivity index (χ0v) is 17.2. The molecule has 0 spiro atoms. The van der Waals surface area contributed by atoms with Crippen LogP contribution in [0.25, 0.3) is 0 Å². The van der Waals surface area contributed by atoms with Crippen molar-refractivity contribution in [2.24, 2.45) is 0 Å². The van der Waals surface area contributed by atoms with Gasteiger partial charge in [0.1, 0.15) is 18.4 Å². The maximum absolute atomic E-state index is 12.9. The van der Waals surface area contributed by atoms with Crippen LogP contribution in [0.4, 0.5) is 0 Å². The summed E-state index contributed by atoms with van der Waals surface area (Å²) in [6.07, 6.45) is 5.64. The Hall–Kier alpha value is -3.61. The Morgan fingerprint density at radius 1 is 1.13 bits per heavy atom. The molecule has 4 rings (SSSR count). The maximum atomic E-state index is 12.9. The smallest absolute Gasteiger partial charge is 0.290 e. The normalized spacial score (nSPS) is 16.0. The van der Waals surface area contributed by atoms with Crippen LogP contribution in [0.2, 0.25) is 0 Å². The number of rotatable bonds is 7. The average molecular weight is 419 g/mol. The van der Waals surface area contributed by atoms with Gasteiger partial charge in [-0.05, 0) is 61.2 Å². The molecule has 0 radical (unpaired) electrons. The van der Waals surface area contributed by atoms with Crippen molar-refractivity contribution in [1.82, 2.24) is 15.2 Å². The van der Waals surface area contributed by atoms with Gasteiger partial charge in [-0.2, -0.15) is 0 Å². The molecule has 2 amide bonds. The van der Waals surface area contributed by atoms with Crippen LogP contribution in [0.15, 0.2) is 71.5 Å². The fourth-order valence-corrected chi connectivity index (χ4v) is 3.68. The molecular weight excluding hydrogens is 394 g/mol. The summed E-state index contributed by atoms with van der Waals surface area (Å²) in [5.74, 6) is 0.580. The molecule has 3 heterocycles. The summed E-state index contributed by atoms with van der Waals surface area (Å²) < 4.78 is 11.0. The number of nitrogens with one attached hydrogen (secondary N) is 1. The number of ether oxygens (including phenoxy) is 1. The minimum atomic E-state index is -0.491. The van der Waals surface area contributed by atoms with E-state index in [1.54, 1.807) is 23.2 Å². The van der Waals surface area contributed by atoms with Gasteiger partial charge in [-0.25, -0.2) is 0 Å². The first-order chi connectivity index (χ1) is 15.2. The van der Waals surface area contributed by atoms with Crippen molar-refractivity contribution < 1.29 is 18.7 Å². The first-order valence-electron chi connectivity index (χ1n) is 10.4. The summed E-state index contributed by atoms with van der Waals surface area (Å²) in [6, 6.07) is 16.1. The molecule has 0 aliphatic carbocycles. The van der Waals surface area contributed by atoms with E-state index in [0.717, 1.165) is 24.1 Å². The lowest BCUT2D eigenvalue weighted by molar-refractivity contribution is -0.126. The Labute approximate surface area is 181 Å². The summed E-state index contributed by atoms with van der Waals surface area (Å²) in [5, 5.41) is 2.97. The molecule has 160 valence electrons. The number of furan rings is 1. The highest BCUT2D eigenvalue weighted by Gasteiger charge is 2.33. The molecule has 0 bridgehead atoms. The van der Waals surface area contributed by atoms with Gasteiger partial charge in [0, 0.05) is 19.3 Å². The first kappa shape index (κ1) is 20.7. The standard InChI is InChI=1S/C24H25N3O4/c28-23(21-10-2-4-13-27(21)24(29)22-11-6-14-30-22)26-16-18-7-5-9-20(15-18)31-17-19-8-1-3-12-25-19/h1,3,5-9,11-12,14-15,21H,2,4,10,13,16-17H2,(H,26,28). The quantitative estimate of drug-likeness (QED) is 0.633. The summed E-state index contributed by atoms with van der Waals surface area (Å²) in [6.45, 7) is 1.29. The van der Waals surface area contributed by atoms with Crippen molar-refractivity contribution in [3.63, 3.8) is 0 Å². The number of likely N-dealkylation sites (tertiary alicyclic amines) is 1. The van der Waals surface area contributed by atoms with Crippen LogP contribution in [-0.4, -0.2) is 34.3 Å². The summed E-state index contributed by atoms with van der Waals surface area (Å²) >= 11 is 0. The lowest BCUT2D eigenvalue weighted by Gasteiger charge is -2.34. The number of carbonyl (C=O) groups excluding carboxylic acids is 2. The minimum absolute atomic E-state index is 0.153. The van der Waals surface area contributed by atoms with Crippen LogP contribution in [0.1, 0.15) is 41.1 Å². The lowest BCUT2D eigenvalue weighted by Crippen LogP contribution is -2.51. The van der Waals surface area contributed by atoms with E-state index in [1.807, 2.05) is 42.5 Å². The maximum Gasteiger partial charge on any atom is 0.290 e. The molecule has 1 atom stereocenters. The van der Waals surface area contributed by atoms with Crippen molar-refractivity contribution in [2.75, 3.05) is 6.54 Å². The van der Waals surface area contributed by atoms with Gasteiger partial charge in [0.25, 0.3) is 5.91 Å². The van der Waals surface area contributed by atoms with Crippen LogP contribution in [0, 0.1) is 0 Å². The second-order valence-corrected chi connectivity index (χ2v) is 7.46. The van der Waals surface area contributed by atoms with E-state index in [0.29, 0.717) is 31.9 Å².